The number of imidazole rings is 1. The summed E-state index contributed by atoms with van der Waals surface area (Å²) < 4.78 is 1.93. The first-order valence-corrected chi connectivity index (χ1v) is 14.3. The largest absolute Gasteiger partial charge is 0.358 e. The van der Waals surface area contributed by atoms with Crippen molar-refractivity contribution in [2.45, 2.75) is 39.0 Å². The molecule has 0 aliphatic carbocycles. The van der Waals surface area contributed by atoms with Crippen molar-refractivity contribution < 1.29 is 4.79 Å². The summed E-state index contributed by atoms with van der Waals surface area (Å²) in [6, 6.07) is 24.8. The number of carbonyl (C=O) groups is 1. The lowest BCUT2D eigenvalue weighted by Crippen LogP contribution is -2.47. The smallest absolute Gasteiger partial charge is 0.226 e. The fourth-order valence-electron chi connectivity index (χ4n) is 4.37. The quantitative estimate of drug-likeness (QED) is 0.212. The number of nitrogens with zero attached hydrogens (tertiary/aromatic N) is 4. The molecule has 10 heteroatoms. The number of benzene rings is 3. The molecule has 0 bridgehead atoms. The molecular formula is C31H30Cl2N6OS. The van der Waals surface area contributed by atoms with Gasteiger partial charge in [0.1, 0.15) is 0 Å². The van der Waals surface area contributed by atoms with Gasteiger partial charge >= 0.3 is 0 Å². The van der Waals surface area contributed by atoms with Crippen LogP contribution in [0.2, 0.25) is 10.0 Å². The topological polar surface area (TPSA) is 86.0 Å². The van der Waals surface area contributed by atoms with Gasteiger partial charge in [-0.1, -0.05) is 77.8 Å². The molecule has 210 valence electrons. The Hall–Kier alpha value is -3.90. The van der Waals surface area contributed by atoms with Gasteiger partial charge in [0.05, 0.1) is 34.4 Å². The highest BCUT2D eigenvalue weighted by molar-refractivity contribution is 7.80. The van der Waals surface area contributed by atoms with Crippen molar-refractivity contribution in [3.8, 4) is 6.07 Å². The molecule has 0 saturated heterocycles. The average molecular weight is 606 g/mol. The van der Waals surface area contributed by atoms with Crippen LogP contribution in [0, 0.1) is 11.3 Å². The zero-order chi connectivity index (χ0) is 29.2. The van der Waals surface area contributed by atoms with Crippen molar-refractivity contribution in [2.75, 3.05) is 6.54 Å². The normalized spacial score (nSPS) is 11.4. The van der Waals surface area contributed by atoms with Gasteiger partial charge in [0, 0.05) is 44.1 Å². The summed E-state index contributed by atoms with van der Waals surface area (Å²) in [4.78, 5) is 19.3. The van der Waals surface area contributed by atoms with Crippen LogP contribution in [0.15, 0.2) is 85.3 Å². The Balaban J connectivity index is 1.39. The second-order valence-corrected chi connectivity index (χ2v) is 10.9. The first-order valence-electron chi connectivity index (χ1n) is 13.1. The fraction of sp³-hybridized carbons (Fsp3) is 0.226. The number of amides is 1. The summed E-state index contributed by atoms with van der Waals surface area (Å²) in [7, 11) is 0. The van der Waals surface area contributed by atoms with E-state index in [1.165, 1.54) is 0 Å². The van der Waals surface area contributed by atoms with Crippen LogP contribution < -0.4 is 10.6 Å². The number of carbonyl (C=O) groups excluding carboxylic acids is 1. The highest BCUT2D eigenvalue weighted by atomic mass is 35.5. The van der Waals surface area contributed by atoms with Gasteiger partial charge in [-0.3, -0.25) is 4.79 Å². The SMILES string of the molecule is C[C@@H](CN(Cc1cccc(Cl)c1Cl)C(=S)NCc1ccccc1)NC(=O)Cc1cncn1Cc1ccc(C#N)cc1. The Morgan fingerprint density at radius 2 is 1.83 bits per heavy atom. The predicted octanol–water partition coefficient (Wildman–Crippen LogP) is 5.73. The van der Waals surface area contributed by atoms with E-state index < -0.39 is 0 Å². The van der Waals surface area contributed by atoms with E-state index in [0.29, 0.717) is 46.9 Å². The van der Waals surface area contributed by atoms with Gasteiger partial charge in [-0.25, -0.2) is 4.98 Å². The standard InChI is InChI=1S/C31H30Cl2N6OS/c1-22(37-29(40)14-27-17-35-21-39(27)19-25-12-10-23(15-34)11-13-25)18-38(20-26-8-5-9-28(32)30(26)33)31(41)36-16-24-6-3-2-4-7-24/h2-13,17,21-22H,14,16,18-20H2,1H3,(H,36,41)(H,37,40)/t22-/m0/s1. The summed E-state index contributed by atoms with van der Waals surface area (Å²) in [5, 5.41) is 16.9. The predicted molar refractivity (Wildman–Crippen MR) is 167 cm³/mol. The summed E-state index contributed by atoms with van der Waals surface area (Å²) in [5.41, 5.74) is 4.36. The maximum absolute atomic E-state index is 13.0. The third-order valence-electron chi connectivity index (χ3n) is 6.44. The maximum Gasteiger partial charge on any atom is 0.226 e. The van der Waals surface area contributed by atoms with Crippen LogP contribution in [-0.2, 0) is 30.8 Å². The lowest BCUT2D eigenvalue weighted by molar-refractivity contribution is -0.121. The fourth-order valence-corrected chi connectivity index (χ4v) is 4.96. The van der Waals surface area contributed by atoms with E-state index in [9.17, 15) is 4.79 Å². The molecule has 1 aromatic heterocycles. The molecule has 0 aliphatic heterocycles. The molecule has 4 rings (SSSR count). The number of aromatic nitrogens is 2. The van der Waals surface area contributed by atoms with Crippen molar-refractivity contribution in [3.63, 3.8) is 0 Å². The summed E-state index contributed by atoms with van der Waals surface area (Å²) in [6.45, 7) is 3.96. The minimum absolute atomic E-state index is 0.122. The molecule has 41 heavy (non-hydrogen) atoms. The van der Waals surface area contributed by atoms with Crippen LogP contribution in [0.1, 0.15) is 34.9 Å². The van der Waals surface area contributed by atoms with Gasteiger partial charge in [-0.15, -0.1) is 0 Å². The lowest BCUT2D eigenvalue weighted by atomic mass is 10.1. The summed E-state index contributed by atoms with van der Waals surface area (Å²) >= 11 is 18.5. The minimum Gasteiger partial charge on any atom is -0.358 e. The second-order valence-electron chi connectivity index (χ2n) is 9.70. The van der Waals surface area contributed by atoms with Gasteiger partial charge in [-0.05, 0) is 54.0 Å². The van der Waals surface area contributed by atoms with Gasteiger partial charge in [-0.2, -0.15) is 5.26 Å². The third kappa shape index (κ3) is 8.79. The Labute approximate surface area is 255 Å². The molecule has 0 radical (unpaired) electrons. The van der Waals surface area contributed by atoms with E-state index >= 15 is 0 Å². The van der Waals surface area contributed by atoms with Crippen LogP contribution in [-0.4, -0.2) is 38.1 Å². The first-order chi connectivity index (χ1) is 19.8. The van der Waals surface area contributed by atoms with Crippen LogP contribution in [0.25, 0.3) is 0 Å². The molecule has 2 N–H and O–H groups in total. The number of rotatable bonds is 11. The minimum atomic E-state index is -0.216. The third-order valence-corrected chi connectivity index (χ3v) is 7.70. The van der Waals surface area contributed by atoms with Crippen molar-refractivity contribution in [2.24, 2.45) is 0 Å². The first kappa shape index (κ1) is 30.1. The number of hydrogen-bond donors (Lipinski definition) is 2. The van der Waals surface area contributed by atoms with E-state index in [4.69, 9.17) is 40.7 Å². The van der Waals surface area contributed by atoms with Gasteiger partial charge < -0.3 is 20.1 Å². The van der Waals surface area contributed by atoms with Crippen LogP contribution in [0.5, 0.6) is 0 Å². The molecule has 1 heterocycles. The molecule has 7 nitrogen and oxygen atoms in total. The number of nitriles is 1. The van der Waals surface area contributed by atoms with Gasteiger partial charge in [0.2, 0.25) is 5.91 Å². The van der Waals surface area contributed by atoms with E-state index in [1.54, 1.807) is 30.7 Å². The van der Waals surface area contributed by atoms with E-state index in [-0.39, 0.29) is 18.4 Å². The molecule has 3 aromatic carbocycles. The molecule has 4 aromatic rings. The molecule has 0 fully saturated rings. The van der Waals surface area contributed by atoms with Crippen molar-refractivity contribution in [3.05, 3.63) is 123 Å². The zero-order valence-electron chi connectivity index (χ0n) is 22.6. The number of halogens is 2. The molecular weight excluding hydrogens is 575 g/mol. The Morgan fingerprint density at radius 1 is 1.07 bits per heavy atom. The Kier molecular flexibility index (Phi) is 10.7. The van der Waals surface area contributed by atoms with Gasteiger partial charge in [0.25, 0.3) is 0 Å². The molecule has 0 spiro atoms. The molecule has 0 unspecified atom stereocenters. The van der Waals surface area contributed by atoms with Crippen molar-refractivity contribution >= 4 is 46.4 Å². The highest BCUT2D eigenvalue weighted by Gasteiger charge is 2.19. The van der Waals surface area contributed by atoms with Crippen LogP contribution in [0.4, 0.5) is 0 Å². The zero-order valence-corrected chi connectivity index (χ0v) is 24.9. The van der Waals surface area contributed by atoms with E-state index in [1.807, 2.05) is 71.0 Å². The molecule has 0 aliphatic rings. The lowest BCUT2D eigenvalue weighted by Gasteiger charge is -2.29. The number of hydrogen-bond acceptors (Lipinski definition) is 4. The summed E-state index contributed by atoms with van der Waals surface area (Å²) in [5.74, 6) is -0.122. The second kappa shape index (κ2) is 14.6. The monoisotopic (exact) mass is 604 g/mol. The van der Waals surface area contributed by atoms with E-state index in [2.05, 4.69) is 21.7 Å². The maximum atomic E-state index is 13.0. The molecule has 0 saturated carbocycles. The molecule has 1 amide bonds. The number of nitrogens with one attached hydrogen (secondary N) is 2. The van der Waals surface area contributed by atoms with Crippen LogP contribution >= 0.6 is 35.4 Å². The van der Waals surface area contributed by atoms with E-state index in [0.717, 1.165) is 22.4 Å². The Morgan fingerprint density at radius 3 is 2.56 bits per heavy atom. The van der Waals surface area contributed by atoms with Crippen molar-refractivity contribution in [1.29, 1.82) is 5.26 Å². The van der Waals surface area contributed by atoms with Gasteiger partial charge in [0.15, 0.2) is 5.11 Å². The van der Waals surface area contributed by atoms with Crippen LogP contribution in [0.3, 0.4) is 0 Å². The average Bonchev–Trinajstić information content (AvgIpc) is 3.40. The summed E-state index contributed by atoms with van der Waals surface area (Å²) in [6.07, 6.45) is 3.58. The number of thiocarbonyl (C=S) groups is 1. The Bertz CT molecular complexity index is 1520. The molecule has 1 atom stereocenters. The van der Waals surface area contributed by atoms with Crippen molar-refractivity contribution in [1.82, 2.24) is 25.1 Å². The highest BCUT2D eigenvalue weighted by Crippen LogP contribution is 2.26.